The van der Waals surface area contributed by atoms with Gasteiger partial charge >= 0.3 is 101 Å². The van der Waals surface area contributed by atoms with Gasteiger partial charge in [-0.3, -0.25) is 0 Å². The van der Waals surface area contributed by atoms with Gasteiger partial charge in [0.2, 0.25) is 0 Å². The molecule has 0 radical (unpaired) electrons. The Bertz CT molecular complexity index is 376. The summed E-state index contributed by atoms with van der Waals surface area (Å²) in [6.07, 6.45) is 1.75. The van der Waals surface area contributed by atoms with Gasteiger partial charge in [0.25, 0.3) is 0 Å². The quantitative estimate of drug-likeness (QED) is 0.872. The van der Waals surface area contributed by atoms with Crippen LogP contribution in [0.5, 0.6) is 0 Å². The molecule has 0 aromatic carbocycles. The Morgan fingerprint density at radius 3 is 2.53 bits per heavy atom. The number of aryl methyl sites for hydroxylation is 1. The molecule has 2 N–H and O–H groups in total. The first kappa shape index (κ1) is 12.3. The standard InChI is InChI=1S/C10H15N4.W/c1-4-6-7-9(11)13-8(5-2)14-10(7)12-3;/h4-5H2,1-3H3,(H2-,11,12,13,14);/q-1;. The molecule has 1 heterocycles. The molecule has 0 atom stereocenters. The predicted molar refractivity (Wildman–Crippen MR) is 59.2 cm³/mol. The molecule has 0 amide bonds. The molecule has 0 spiro atoms. The SMILES string of the molecule is CC[C](=[W])c1c(N)nc(CC)nc1[N-]C. The van der Waals surface area contributed by atoms with E-state index in [2.05, 4.69) is 22.2 Å². The van der Waals surface area contributed by atoms with Crippen LogP contribution in [0.2, 0.25) is 0 Å². The summed E-state index contributed by atoms with van der Waals surface area (Å²) in [7, 11) is 1.74. The Morgan fingerprint density at radius 2 is 2.07 bits per heavy atom. The van der Waals surface area contributed by atoms with Crippen molar-refractivity contribution in [2.75, 3.05) is 12.8 Å². The molecule has 5 heteroatoms. The molecular formula is C10H15N4W-. The van der Waals surface area contributed by atoms with Crippen LogP contribution in [0.3, 0.4) is 0 Å². The van der Waals surface area contributed by atoms with E-state index in [0.717, 1.165) is 30.0 Å². The number of hydrogen-bond acceptors (Lipinski definition) is 3. The molecular weight excluding hydrogens is 360 g/mol. The second kappa shape index (κ2) is 5.36. The van der Waals surface area contributed by atoms with E-state index in [1.165, 1.54) is 23.3 Å². The first-order chi connectivity index (χ1) is 7.13. The van der Waals surface area contributed by atoms with Crippen LogP contribution in [0, 0.1) is 0 Å². The van der Waals surface area contributed by atoms with E-state index < -0.39 is 0 Å². The third-order valence-electron chi connectivity index (χ3n) is 2.09. The number of rotatable bonds is 4. The van der Waals surface area contributed by atoms with Crippen LogP contribution in [-0.2, 0) is 25.8 Å². The van der Waals surface area contributed by atoms with Gasteiger partial charge in [0, 0.05) is 0 Å². The Morgan fingerprint density at radius 1 is 1.40 bits per heavy atom. The second-order valence-electron chi connectivity index (χ2n) is 3.08. The molecule has 0 aliphatic rings. The number of hydrogen-bond donors (Lipinski definition) is 1. The summed E-state index contributed by atoms with van der Waals surface area (Å²) in [6, 6.07) is 0. The number of nitrogens with zero attached hydrogens (tertiary/aromatic N) is 3. The van der Waals surface area contributed by atoms with Gasteiger partial charge in [0.15, 0.2) is 0 Å². The molecule has 0 aliphatic heterocycles. The molecule has 1 aromatic rings. The molecule has 15 heavy (non-hydrogen) atoms. The van der Waals surface area contributed by atoms with Crippen molar-refractivity contribution >= 4 is 15.5 Å². The van der Waals surface area contributed by atoms with Crippen LogP contribution in [0.1, 0.15) is 31.7 Å². The van der Waals surface area contributed by atoms with Crippen LogP contribution in [-0.4, -0.2) is 20.9 Å². The summed E-state index contributed by atoms with van der Waals surface area (Å²) in [5.41, 5.74) is 6.87. The summed E-state index contributed by atoms with van der Waals surface area (Å²) in [4.78, 5) is 8.64. The zero-order valence-electron chi connectivity index (χ0n) is 9.24. The van der Waals surface area contributed by atoms with Gasteiger partial charge in [-0.05, 0) is 0 Å². The maximum atomic E-state index is 5.93. The molecule has 0 saturated carbocycles. The molecule has 0 bridgehead atoms. The Balaban J connectivity index is 3.30. The van der Waals surface area contributed by atoms with Crippen molar-refractivity contribution in [1.29, 1.82) is 0 Å². The Kier molecular flexibility index (Phi) is 4.40. The first-order valence-electron chi connectivity index (χ1n) is 4.93. The van der Waals surface area contributed by atoms with Gasteiger partial charge in [-0.1, -0.05) is 0 Å². The summed E-state index contributed by atoms with van der Waals surface area (Å²) in [5, 5.41) is 4.17. The van der Waals surface area contributed by atoms with Crippen LogP contribution in [0.15, 0.2) is 0 Å². The fourth-order valence-corrected chi connectivity index (χ4v) is 1.98. The molecule has 0 aliphatic carbocycles. The van der Waals surface area contributed by atoms with Gasteiger partial charge in [-0.15, -0.1) is 0 Å². The minimum absolute atomic E-state index is 0.564. The van der Waals surface area contributed by atoms with Gasteiger partial charge < -0.3 is 0 Å². The molecule has 1 aromatic heterocycles. The van der Waals surface area contributed by atoms with Crippen LogP contribution < -0.4 is 5.73 Å². The number of nitrogen functional groups attached to an aromatic ring is 1. The Labute approximate surface area is 101 Å². The fourth-order valence-electron chi connectivity index (χ4n) is 1.28. The predicted octanol–water partition coefficient (Wildman–Crippen LogP) is 1.73. The molecule has 4 nitrogen and oxygen atoms in total. The van der Waals surface area contributed by atoms with Gasteiger partial charge in [0.1, 0.15) is 0 Å². The molecule has 0 unspecified atom stereocenters. The third-order valence-corrected chi connectivity index (χ3v) is 3.86. The van der Waals surface area contributed by atoms with E-state index in [9.17, 15) is 0 Å². The van der Waals surface area contributed by atoms with E-state index in [-0.39, 0.29) is 0 Å². The van der Waals surface area contributed by atoms with Crippen molar-refractivity contribution in [1.82, 2.24) is 9.97 Å². The second-order valence-corrected chi connectivity index (χ2v) is 4.85. The van der Waals surface area contributed by atoms with E-state index in [0.29, 0.717) is 5.82 Å². The number of nitrogens with two attached hydrogens (primary N) is 1. The minimum atomic E-state index is 0.564. The van der Waals surface area contributed by atoms with Gasteiger partial charge in [-0.2, -0.15) is 0 Å². The summed E-state index contributed by atoms with van der Waals surface area (Å²) >= 11 is 1.40. The fraction of sp³-hybridized carbons (Fsp3) is 0.500. The van der Waals surface area contributed by atoms with Crippen molar-refractivity contribution in [3.8, 4) is 0 Å². The van der Waals surface area contributed by atoms with E-state index in [1.54, 1.807) is 7.05 Å². The molecule has 0 fully saturated rings. The third kappa shape index (κ3) is 2.62. The average Bonchev–Trinajstić information content (AvgIpc) is 2.26. The van der Waals surface area contributed by atoms with Gasteiger partial charge in [0.05, 0.1) is 0 Å². The first-order valence-corrected chi connectivity index (χ1v) is 6.40. The van der Waals surface area contributed by atoms with Crippen molar-refractivity contribution in [2.24, 2.45) is 0 Å². The van der Waals surface area contributed by atoms with Crippen molar-refractivity contribution in [3.05, 3.63) is 16.7 Å². The normalized spacial score (nSPS) is 10.1. The summed E-state index contributed by atoms with van der Waals surface area (Å²) < 4.78 is 1.26. The molecule has 0 saturated heterocycles. The monoisotopic (exact) mass is 375 g/mol. The van der Waals surface area contributed by atoms with Crippen molar-refractivity contribution in [2.45, 2.75) is 26.7 Å². The summed E-state index contributed by atoms with van der Waals surface area (Å²) in [5.74, 6) is 2.05. The van der Waals surface area contributed by atoms with Crippen LogP contribution in [0.4, 0.5) is 11.6 Å². The topological polar surface area (TPSA) is 65.9 Å². The number of aromatic nitrogens is 2. The van der Waals surface area contributed by atoms with Crippen LogP contribution in [0.25, 0.3) is 5.32 Å². The Hall–Kier alpha value is -0.762. The molecule has 82 valence electrons. The zero-order chi connectivity index (χ0) is 11.4. The van der Waals surface area contributed by atoms with Crippen molar-refractivity contribution < 1.29 is 19.4 Å². The molecule has 1 rings (SSSR count). The van der Waals surface area contributed by atoms with E-state index in [1.807, 2.05) is 6.92 Å². The number of anilines is 1. The van der Waals surface area contributed by atoms with E-state index >= 15 is 0 Å². The zero-order valence-corrected chi connectivity index (χ0v) is 12.2. The summed E-state index contributed by atoms with van der Waals surface area (Å²) in [6.45, 7) is 4.12. The van der Waals surface area contributed by atoms with E-state index in [4.69, 9.17) is 5.73 Å². The maximum absolute atomic E-state index is 5.93. The average molecular weight is 375 g/mol. The van der Waals surface area contributed by atoms with Crippen LogP contribution >= 0.6 is 0 Å². The van der Waals surface area contributed by atoms with Crippen molar-refractivity contribution in [3.63, 3.8) is 0 Å². The van der Waals surface area contributed by atoms with Gasteiger partial charge in [-0.25, -0.2) is 0 Å².